The minimum absolute atomic E-state index is 0.119. The Morgan fingerprint density at radius 3 is 2.43 bits per heavy atom. The maximum Gasteiger partial charge on any atom is 0.434 e. The van der Waals surface area contributed by atoms with E-state index in [4.69, 9.17) is 0 Å². The highest BCUT2D eigenvalue weighted by atomic mass is 32.2. The highest BCUT2D eigenvalue weighted by Gasteiger charge is 2.39. The SMILES string of the molecule is CO/N=C/c1sc(S(=O)(=O)CCC(F)=C(F)F)nc1C(F)(F)F. The molecule has 1 rings (SSSR count). The van der Waals surface area contributed by atoms with Gasteiger partial charge in [-0.25, -0.2) is 17.8 Å². The molecule has 1 heterocycles. The lowest BCUT2D eigenvalue weighted by molar-refractivity contribution is -0.141. The molecule has 0 aliphatic heterocycles. The third-order valence-corrected chi connectivity index (χ3v) is 5.40. The van der Waals surface area contributed by atoms with Crippen molar-refractivity contribution in [3.63, 3.8) is 0 Å². The van der Waals surface area contributed by atoms with Crippen molar-refractivity contribution in [3.05, 3.63) is 22.5 Å². The van der Waals surface area contributed by atoms with E-state index in [-0.39, 0.29) is 11.3 Å². The van der Waals surface area contributed by atoms with Crippen LogP contribution in [0.2, 0.25) is 0 Å². The lowest BCUT2D eigenvalue weighted by atomic mass is 10.4. The maximum absolute atomic E-state index is 12.8. The number of hydrogen-bond donors (Lipinski definition) is 0. The first-order valence-electron chi connectivity index (χ1n) is 5.56. The summed E-state index contributed by atoms with van der Waals surface area (Å²) in [7, 11) is -3.42. The van der Waals surface area contributed by atoms with Crippen molar-refractivity contribution in [2.75, 3.05) is 12.9 Å². The number of oxime groups is 1. The van der Waals surface area contributed by atoms with Gasteiger partial charge in [0.25, 0.3) is 0 Å². The Balaban J connectivity index is 3.20. The Morgan fingerprint density at radius 1 is 1.35 bits per heavy atom. The van der Waals surface area contributed by atoms with Gasteiger partial charge >= 0.3 is 12.3 Å². The molecule has 0 saturated carbocycles. The molecule has 0 bridgehead atoms. The highest BCUT2D eigenvalue weighted by molar-refractivity contribution is 7.93. The van der Waals surface area contributed by atoms with Crippen molar-refractivity contribution in [2.45, 2.75) is 16.9 Å². The molecule has 0 amide bonds. The summed E-state index contributed by atoms with van der Waals surface area (Å²) in [6.45, 7) is 0. The van der Waals surface area contributed by atoms with Crippen LogP contribution in [0.15, 0.2) is 21.4 Å². The van der Waals surface area contributed by atoms with Gasteiger partial charge in [-0.2, -0.15) is 22.0 Å². The number of thiazole rings is 1. The van der Waals surface area contributed by atoms with E-state index in [1.54, 1.807) is 0 Å². The summed E-state index contributed by atoms with van der Waals surface area (Å²) in [5, 5.41) is 3.09. The van der Waals surface area contributed by atoms with Gasteiger partial charge in [0.15, 0.2) is 11.5 Å². The number of nitrogens with zero attached hydrogens (tertiary/aromatic N) is 2. The summed E-state index contributed by atoms with van der Waals surface area (Å²) in [6, 6.07) is 0. The fourth-order valence-corrected chi connectivity index (χ4v) is 3.80. The molecule has 1 aromatic heterocycles. The number of rotatable bonds is 6. The van der Waals surface area contributed by atoms with Gasteiger partial charge in [0.1, 0.15) is 7.11 Å². The van der Waals surface area contributed by atoms with Crippen molar-refractivity contribution in [3.8, 4) is 0 Å². The van der Waals surface area contributed by atoms with Crippen LogP contribution in [0.25, 0.3) is 0 Å². The summed E-state index contributed by atoms with van der Waals surface area (Å²) in [6.07, 6.45) is -8.22. The van der Waals surface area contributed by atoms with Gasteiger partial charge < -0.3 is 4.84 Å². The Morgan fingerprint density at radius 2 is 1.96 bits per heavy atom. The first kappa shape index (κ1) is 19.4. The summed E-state index contributed by atoms with van der Waals surface area (Å²) in [5.74, 6) is -3.11. The average molecular weight is 382 g/mol. The van der Waals surface area contributed by atoms with Crippen molar-refractivity contribution >= 4 is 27.4 Å². The number of alkyl halides is 3. The molecule has 23 heavy (non-hydrogen) atoms. The van der Waals surface area contributed by atoms with Crippen LogP contribution in [0.4, 0.5) is 26.3 Å². The molecule has 13 heteroatoms. The molecular weight excluding hydrogens is 374 g/mol. The largest absolute Gasteiger partial charge is 0.434 e. The van der Waals surface area contributed by atoms with Crippen LogP contribution in [-0.2, 0) is 20.9 Å². The number of aromatic nitrogens is 1. The number of halogens is 6. The molecule has 0 N–H and O–H groups in total. The molecular formula is C10H8F6N2O3S2. The second-order valence-electron chi connectivity index (χ2n) is 3.84. The second-order valence-corrected chi connectivity index (χ2v) is 7.16. The van der Waals surface area contributed by atoms with Gasteiger partial charge in [0.2, 0.25) is 14.2 Å². The molecule has 0 fully saturated rings. The predicted octanol–water partition coefficient (Wildman–Crippen LogP) is 3.38. The van der Waals surface area contributed by atoms with Crippen LogP contribution < -0.4 is 0 Å². The standard InChI is InChI=1S/C10H8F6N2O3S2/c1-21-17-4-6-7(10(14,15)16)18-9(22-6)23(19,20)3-2-5(11)8(12)13/h4H,2-3H2,1H3/b17-4+. The van der Waals surface area contributed by atoms with E-state index in [2.05, 4.69) is 15.0 Å². The van der Waals surface area contributed by atoms with Gasteiger partial charge in [-0.3, -0.25) is 0 Å². The molecule has 0 radical (unpaired) electrons. The molecule has 0 unspecified atom stereocenters. The normalized spacial score (nSPS) is 12.7. The lowest BCUT2D eigenvalue weighted by Gasteiger charge is -2.02. The Hall–Kier alpha value is -1.63. The smallest absolute Gasteiger partial charge is 0.399 e. The van der Waals surface area contributed by atoms with E-state index < -0.39 is 55.0 Å². The zero-order chi connectivity index (χ0) is 17.8. The Kier molecular flexibility index (Phi) is 6.16. The second kappa shape index (κ2) is 7.29. The van der Waals surface area contributed by atoms with Crippen molar-refractivity contribution in [1.29, 1.82) is 0 Å². The first-order chi connectivity index (χ1) is 10.5. The van der Waals surface area contributed by atoms with Crippen molar-refractivity contribution in [2.24, 2.45) is 5.16 Å². The fraction of sp³-hybridized carbons (Fsp3) is 0.400. The van der Waals surface area contributed by atoms with Crippen LogP contribution in [0.1, 0.15) is 17.0 Å². The van der Waals surface area contributed by atoms with Gasteiger partial charge in [0.05, 0.1) is 16.8 Å². The van der Waals surface area contributed by atoms with E-state index in [1.807, 2.05) is 0 Å². The van der Waals surface area contributed by atoms with Gasteiger partial charge in [-0.15, -0.1) is 11.3 Å². The minimum Gasteiger partial charge on any atom is -0.399 e. The molecule has 0 saturated heterocycles. The first-order valence-corrected chi connectivity index (χ1v) is 8.03. The molecule has 130 valence electrons. The summed E-state index contributed by atoms with van der Waals surface area (Å²) in [4.78, 5) is 6.52. The number of sulfone groups is 1. The van der Waals surface area contributed by atoms with Crippen LogP contribution in [0, 0.1) is 0 Å². The fourth-order valence-electron chi connectivity index (χ4n) is 1.24. The van der Waals surface area contributed by atoms with Crippen LogP contribution in [-0.4, -0.2) is 32.5 Å². The third-order valence-electron chi connectivity index (χ3n) is 2.24. The average Bonchev–Trinajstić information content (AvgIpc) is 2.87. The van der Waals surface area contributed by atoms with Crippen molar-refractivity contribution < 1.29 is 39.6 Å². The van der Waals surface area contributed by atoms with Gasteiger partial charge in [-0.05, 0) is 0 Å². The van der Waals surface area contributed by atoms with E-state index in [0.717, 1.165) is 7.11 Å². The molecule has 0 aromatic carbocycles. The Labute approximate surface area is 130 Å². The molecule has 0 aliphatic rings. The van der Waals surface area contributed by atoms with Gasteiger partial charge in [-0.1, -0.05) is 5.16 Å². The summed E-state index contributed by atoms with van der Waals surface area (Å²) >= 11 is 0.119. The summed E-state index contributed by atoms with van der Waals surface area (Å²) < 4.78 is 97.4. The molecule has 0 atom stereocenters. The minimum atomic E-state index is -4.96. The van der Waals surface area contributed by atoms with Crippen molar-refractivity contribution in [1.82, 2.24) is 4.98 Å². The highest BCUT2D eigenvalue weighted by Crippen LogP contribution is 2.35. The molecule has 5 nitrogen and oxygen atoms in total. The maximum atomic E-state index is 12.8. The van der Waals surface area contributed by atoms with Crippen LogP contribution in [0.3, 0.4) is 0 Å². The number of hydrogen-bond acceptors (Lipinski definition) is 6. The molecule has 0 spiro atoms. The zero-order valence-corrected chi connectivity index (χ0v) is 12.8. The predicted molar refractivity (Wildman–Crippen MR) is 68.7 cm³/mol. The monoisotopic (exact) mass is 382 g/mol. The topological polar surface area (TPSA) is 68.6 Å². The quantitative estimate of drug-likeness (QED) is 0.430. The van der Waals surface area contributed by atoms with Crippen LogP contribution in [0.5, 0.6) is 0 Å². The van der Waals surface area contributed by atoms with E-state index in [1.165, 1.54) is 0 Å². The number of allylic oxidation sites excluding steroid dienone is 1. The van der Waals surface area contributed by atoms with E-state index in [0.29, 0.717) is 6.21 Å². The molecule has 0 aliphatic carbocycles. The molecule has 1 aromatic rings. The zero-order valence-electron chi connectivity index (χ0n) is 11.2. The summed E-state index contributed by atoms with van der Waals surface area (Å²) in [5.41, 5.74) is -1.52. The van der Waals surface area contributed by atoms with Gasteiger partial charge in [0, 0.05) is 6.42 Å². The van der Waals surface area contributed by atoms with E-state index >= 15 is 0 Å². The third kappa shape index (κ3) is 5.20. The Bertz CT molecular complexity index is 719. The van der Waals surface area contributed by atoms with Crippen LogP contribution >= 0.6 is 11.3 Å². The van der Waals surface area contributed by atoms with E-state index in [9.17, 15) is 34.8 Å². The lowest BCUT2D eigenvalue weighted by Crippen LogP contribution is -2.11.